The summed E-state index contributed by atoms with van der Waals surface area (Å²) in [5, 5.41) is 7.55. The van der Waals surface area contributed by atoms with Crippen LogP contribution < -0.4 is 5.73 Å². The van der Waals surface area contributed by atoms with Crippen molar-refractivity contribution in [3.63, 3.8) is 0 Å². The maximum atomic E-state index is 13.3. The second-order valence-corrected chi connectivity index (χ2v) is 4.58. The fourth-order valence-electron chi connectivity index (χ4n) is 2.26. The van der Waals surface area contributed by atoms with Crippen LogP contribution in [0.15, 0.2) is 48.8 Å². The molecule has 0 saturated heterocycles. The number of nitrogens with one attached hydrogen (secondary N) is 1. The summed E-state index contributed by atoms with van der Waals surface area (Å²) in [4.78, 5) is 4.31. The Hall–Kier alpha value is -2.69. The Balaban J connectivity index is 2.05. The minimum absolute atomic E-state index is 0.135. The fourth-order valence-corrected chi connectivity index (χ4v) is 2.26. The van der Waals surface area contributed by atoms with E-state index in [1.54, 1.807) is 12.4 Å². The average molecular weight is 268 g/mol. The summed E-state index contributed by atoms with van der Waals surface area (Å²) in [6, 6.07) is 12.1. The molecule has 0 spiro atoms. The van der Waals surface area contributed by atoms with E-state index < -0.39 is 5.82 Å². The monoisotopic (exact) mass is 268 g/mol. The molecule has 3 N–H and O–H groups in total. The summed E-state index contributed by atoms with van der Waals surface area (Å²) in [7, 11) is 0. The van der Waals surface area contributed by atoms with Crippen LogP contribution in [0.25, 0.3) is 11.0 Å². The van der Waals surface area contributed by atoms with Crippen molar-refractivity contribution >= 4 is 16.9 Å². The lowest BCUT2D eigenvalue weighted by Gasteiger charge is -2.10. The predicted octanol–water partition coefficient (Wildman–Crippen LogP) is 2.51. The lowest BCUT2D eigenvalue weighted by Crippen LogP contribution is -2.15. The van der Waals surface area contributed by atoms with Gasteiger partial charge in [0.05, 0.1) is 17.4 Å². The summed E-state index contributed by atoms with van der Waals surface area (Å²) in [6.07, 6.45) is 1.73. The number of hydrogen-bond acceptors (Lipinski definition) is 2. The Bertz CT molecular complexity index is 791. The number of nitrogen functional groups attached to an aromatic ring is 1. The second kappa shape index (κ2) is 4.77. The van der Waals surface area contributed by atoms with Crippen molar-refractivity contribution in [3.8, 4) is 0 Å². The number of nitrogens with two attached hydrogens (primary N) is 1. The molecule has 0 bridgehead atoms. The third kappa shape index (κ3) is 2.14. The van der Waals surface area contributed by atoms with Gasteiger partial charge in [0.1, 0.15) is 11.7 Å². The number of nitrogens with zero attached hydrogens (tertiary/aromatic N) is 2. The van der Waals surface area contributed by atoms with E-state index in [2.05, 4.69) is 4.98 Å². The molecule has 4 nitrogen and oxygen atoms in total. The van der Waals surface area contributed by atoms with E-state index in [9.17, 15) is 4.39 Å². The molecule has 0 saturated carbocycles. The topological polar surface area (TPSA) is 67.7 Å². The number of amidine groups is 1. The smallest absolute Gasteiger partial charge is 0.123 e. The van der Waals surface area contributed by atoms with Gasteiger partial charge in [0.25, 0.3) is 0 Å². The molecule has 0 unspecified atom stereocenters. The summed E-state index contributed by atoms with van der Waals surface area (Å²) in [5.41, 5.74) is 8.62. The number of rotatable bonds is 3. The van der Waals surface area contributed by atoms with Crippen LogP contribution in [0, 0.1) is 11.2 Å². The average Bonchev–Trinajstić information content (AvgIpc) is 2.84. The first-order valence-electron chi connectivity index (χ1n) is 6.18. The lowest BCUT2D eigenvalue weighted by atomic mass is 10.1. The molecule has 20 heavy (non-hydrogen) atoms. The maximum Gasteiger partial charge on any atom is 0.123 e. The van der Waals surface area contributed by atoms with E-state index in [0.29, 0.717) is 12.1 Å². The minimum atomic E-state index is -0.394. The zero-order valence-electron chi connectivity index (χ0n) is 10.7. The van der Waals surface area contributed by atoms with Gasteiger partial charge >= 0.3 is 0 Å². The second-order valence-electron chi connectivity index (χ2n) is 4.58. The van der Waals surface area contributed by atoms with Crippen LogP contribution in [0.4, 0.5) is 4.39 Å². The van der Waals surface area contributed by atoms with E-state index in [-0.39, 0.29) is 5.84 Å². The molecule has 3 aromatic rings. The van der Waals surface area contributed by atoms with Crippen LogP contribution in [0.1, 0.15) is 11.1 Å². The first-order chi connectivity index (χ1) is 9.65. The highest BCUT2D eigenvalue weighted by molar-refractivity contribution is 5.96. The third-order valence-electron chi connectivity index (χ3n) is 3.23. The van der Waals surface area contributed by atoms with Crippen LogP contribution in [-0.2, 0) is 6.54 Å². The van der Waals surface area contributed by atoms with Gasteiger partial charge in [-0.25, -0.2) is 9.37 Å². The Labute approximate surface area is 115 Å². The van der Waals surface area contributed by atoms with Gasteiger partial charge in [0.15, 0.2) is 0 Å². The molecule has 100 valence electrons. The van der Waals surface area contributed by atoms with Gasteiger partial charge in [-0.15, -0.1) is 0 Å². The van der Waals surface area contributed by atoms with Gasteiger partial charge in [-0.3, -0.25) is 5.41 Å². The molecule has 5 heteroatoms. The lowest BCUT2D eigenvalue weighted by molar-refractivity contribution is 0.626. The predicted molar refractivity (Wildman–Crippen MR) is 76.3 cm³/mol. The molecular formula is C15H13FN4. The Kier molecular flexibility index (Phi) is 2.95. The van der Waals surface area contributed by atoms with Crippen LogP contribution in [0.5, 0.6) is 0 Å². The number of imidazole rings is 1. The van der Waals surface area contributed by atoms with Crippen molar-refractivity contribution in [2.45, 2.75) is 6.54 Å². The molecule has 3 rings (SSSR count). The van der Waals surface area contributed by atoms with Crippen LogP contribution in [-0.4, -0.2) is 15.4 Å². The summed E-state index contributed by atoms with van der Waals surface area (Å²) in [5.74, 6) is -0.529. The molecule has 0 amide bonds. The van der Waals surface area contributed by atoms with Gasteiger partial charge < -0.3 is 10.3 Å². The third-order valence-corrected chi connectivity index (χ3v) is 3.23. The van der Waals surface area contributed by atoms with Crippen molar-refractivity contribution in [2.75, 3.05) is 0 Å². The number of aromatic nitrogens is 2. The summed E-state index contributed by atoms with van der Waals surface area (Å²) in [6.45, 7) is 0.496. The molecule has 0 aliphatic heterocycles. The fraction of sp³-hybridized carbons (Fsp3) is 0.0667. The number of halogens is 1. The van der Waals surface area contributed by atoms with Gasteiger partial charge in [0.2, 0.25) is 0 Å². The molecule has 1 aromatic heterocycles. The van der Waals surface area contributed by atoms with Gasteiger partial charge in [-0.1, -0.05) is 18.2 Å². The number of fused-ring (bicyclic) bond motifs is 1. The number of benzene rings is 2. The van der Waals surface area contributed by atoms with Crippen molar-refractivity contribution in [1.29, 1.82) is 5.41 Å². The van der Waals surface area contributed by atoms with Crippen LogP contribution in [0.3, 0.4) is 0 Å². The standard InChI is InChI=1S/C15H13FN4/c16-11-6-5-10(12(7-11)15(17)18)8-20-9-19-13-3-1-2-4-14(13)20/h1-7,9H,8H2,(H3,17,18). The first-order valence-corrected chi connectivity index (χ1v) is 6.18. The maximum absolute atomic E-state index is 13.3. The summed E-state index contributed by atoms with van der Waals surface area (Å²) < 4.78 is 15.2. The Morgan fingerprint density at radius 2 is 2.05 bits per heavy atom. The van der Waals surface area contributed by atoms with Crippen molar-refractivity contribution in [3.05, 3.63) is 65.7 Å². The molecule has 0 fully saturated rings. The zero-order chi connectivity index (χ0) is 14.1. The van der Waals surface area contributed by atoms with Gasteiger partial charge in [-0.2, -0.15) is 0 Å². The van der Waals surface area contributed by atoms with Crippen LogP contribution >= 0.6 is 0 Å². The van der Waals surface area contributed by atoms with Gasteiger partial charge in [-0.05, 0) is 29.8 Å². The quantitative estimate of drug-likeness (QED) is 0.566. The van der Waals surface area contributed by atoms with Crippen molar-refractivity contribution in [1.82, 2.24) is 9.55 Å². The van der Waals surface area contributed by atoms with E-state index in [1.807, 2.05) is 28.8 Å². The largest absolute Gasteiger partial charge is 0.384 e. The highest BCUT2D eigenvalue weighted by atomic mass is 19.1. The summed E-state index contributed by atoms with van der Waals surface area (Å²) >= 11 is 0. The van der Waals surface area contributed by atoms with E-state index in [0.717, 1.165) is 16.6 Å². The molecular weight excluding hydrogens is 255 g/mol. The first kappa shape index (κ1) is 12.3. The highest BCUT2D eigenvalue weighted by Gasteiger charge is 2.09. The Morgan fingerprint density at radius 1 is 1.25 bits per heavy atom. The highest BCUT2D eigenvalue weighted by Crippen LogP contribution is 2.17. The minimum Gasteiger partial charge on any atom is -0.384 e. The number of para-hydroxylation sites is 2. The zero-order valence-corrected chi connectivity index (χ0v) is 10.7. The van der Waals surface area contributed by atoms with E-state index in [1.165, 1.54) is 12.1 Å². The van der Waals surface area contributed by atoms with Crippen LogP contribution in [0.2, 0.25) is 0 Å². The molecule has 0 aliphatic carbocycles. The normalized spacial score (nSPS) is 10.8. The van der Waals surface area contributed by atoms with Gasteiger partial charge in [0, 0.05) is 12.1 Å². The van der Waals surface area contributed by atoms with Crippen molar-refractivity contribution < 1.29 is 4.39 Å². The van der Waals surface area contributed by atoms with E-state index in [4.69, 9.17) is 11.1 Å². The number of hydrogen-bond donors (Lipinski definition) is 2. The molecule has 0 aliphatic rings. The molecule has 1 heterocycles. The molecule has 2 aromatic carbocycles. The van der Waals surface area contributed by atoms with Crippen molar-refractivity contribution in [2.24, 2.45) is 5.73 Å². The molecule has 0 atom stereocenters. The van der Waals surface area contributed by atoms with E-state index >= 15 is 0 Å². The Morgan fingerprint density at radius 3 is 2.85 bits per heavy atom. The molecule has 0 radical (unpaired) electrons. The SMILES string of the molecule is N=C(N)c1cc(F)ccc1Cn1cnc2ccccc21.